The molecule has 6 aromatic rings. The lowest BCUT2D eigenvalue weighted by atomic mass is 9.86. The minimum Gasteiger partial charge on any atom is -0.309 e. The third kappa shape index (κ3) is 4.54. The van der Waals surface area contributed by atoms with E-state index in [9.17, 15) is 0 Å². The molecule has 0 amide bonds. The first-order valence-corrected chi connectivity index (χ1v) is 14.8. The van der Waals surface area contributed by atoms with E-state index >= 15 is 0 Å². The summed E-state index contributed by atoms with van der Waals surface area (Å²) in [6, 6.07) is 28.0. The molecule has 0 unspecified atom stereocenters. The highest BCUT2D eigenvalue weighted by Gasteiger charge is 2.22. The Morgan fingerprint density at radius 3 is 1.73 bits per heavy atom. The molecule has 0 aliphatic heterocycles. The predicted molar refractivity (Wildman–Crippen MR) is 177 cm³/mol. The van der Waals surface area contributed by atoms with E-state index in [4.69, 9.17) is 0 Å². The molecule has 0 saturated heterocycles. The number of hydrogen-bond donors (Lipinski definition) is 0. The maximum absolute atomic E-state index is 2.49. The second kappa shape index (κ2) is 9.31. The van der Waals surface area contributed by atoms with Crippen LogP contribution in [-0.2, 0) is 17.9 Å². The molecule has 0 spiro atoms. The van der Waals surface area contributed by atoms with Gasteiger partial charge in [-0.25, -0.2) is 4.57 Å². The van der Waals surface area contributed by atoms with Crippen molar-refractivity contribution >= 4 is 32.6 Å². The van der Waals surface area contributed by atoms with Crippen LogP contribution in [0, 0.1) is 20.8 Å². The van der Waals surface area contributed by atoms with Gasteiger partial charge in [0.05, 0.1) is 22.0 Å². The van der Waals surface area contributed by atoms with Crippen LogP contribution in [0.1, 0.15) is 69.4 Å². The molecule has 2 heterocycles. The third-order valence-corrected chi connectivity index (χ3v) is 8.95. The van der Waals surface area contributed by atoms with E-state index in [2.05, 4.69) is 157 Å². The predicted octanol–water partition coefficient (Wildman–Crippen LogP) is 9.95. The first-order chi connectivity index (χ1) is 19.2. The Hall–Kier alpha value is -3.91. The Balaban J connectivity index is 1.67. The fourth-order valence-corrected chi connectivity index (χ4v) is 6.35. The summed E-state index contributed by atoms with van der Waals surface area (Å²) in [4.78, 5) is 0. The molecule has 4 aromatic carbocycles. The van der Waals surface area contributed by atoms with Crippen LogP contribution in [-0.4, -0.2) is 4.57 Å². The molecule has 0 N–H and O–H groups in total. The molecule has 0 fully saturated rings. The van der Waals surface area contributed by atoms with Gasteiger partial charge in [0.2, 0.25) is 5.69 Å². The highest BCUT2D eigenvalue weighted by atomic mass is 15.0. The van der Waals surface area contributed by atoms with E-state index in [1.807, 2.05) is 0 Å². The normalized spacial score (nSPS) is 12.6. The quantitative estimate of drug-likeness (QED) is 0.194. The minimum absolute atomic E-state index is 0.0723. The van der Waals surface area contributed by atoms with E-state index in [1.54, 1.807) is 0 Å². The maximum Gasteiger partial charge on any atom is 0.220 e. The van der Waals surface area contributed by atoms with Crippen LogP contribution >= 0.6 is 0 Å². The molecule has 2 heteroatoms. The Morgan fingerprint density at radius 1 is 0.610 bits per heavy atom. The number of fused-ring (bicyclic) bond motifs is 4. The Bertz CT molecular complexity index is 1920. The number of nitrogens with zero attached hydrogens (tertiary/aromatic N) is 2. The number of aromatic nitrogens is 2. The van der Waals surface area contributed by atoms with Gasteiger partial charge in [0, 0.05) is 22.5 Å². The van der Waals surface area contributed by atoms with E-state index in [1.165, 1.54) is 77.3 Å². The molecule has 0 radical (unpaired) electrons. The summed E-state index contributed by atoms with van der Waals surface area (Å²) in [5, 5.41) is 5.14. The molecule has 0 saturated carbocycles. The molecule has 0 atom stereocenters. The summed E-state index contributed by atoms with van der Waals surface area (Å²) in [6.45, 7) is 20.4. The number of aryl methyl sites for hydroxylation is 3. The van der Waals surface area contributed by atoms with Gasteiger partial charge in [-0.1, -0.05) is 77.4 Å². The monoisotopic (exact) mass is 539 g/mol. The summed E-state index contributed by atoms with van der Waals surface area (Å²) in [5.74, 6) is 0. The van der Waals surface area contributed by atoms with Crippen LogP contribution in [0.5, 0.6) is 0 Å². The molecule has 0 bridgehead atoms. The average molecular weight is 540 g/mol. The van der Waals surface area contributed by atoms with Crippen molar-refractivity contribution in [1.29, 1.82) is 0 Å². The molecular weight excluding hydrogens is 496 g/mol. The van der Waals surface area contributed by atoms with Gasteiger partial charge in [-0.2, -0.15) is 0 Å². The van der Waals surface area contributed by atoms with Gasteiger partial charge in [-0.3, -0.25) is 0 Å². The van der Waals surface area contributed by atoms with E-state index in [0.29, 0.717) is 0 Å². The van der Waals surface area contributed by atoms with Crippen molar-refractivity contribution < 1.29 is 4.57 Å². The summed E-state index contributed by atoms with van der Waals surface area (Å²) in [5.41, 5.74) is 13.1. The fourth-order valence-electron chi connectivity index (χ4n) is 6.35. The van der Waals surface area contributed by atoms with Crippen molar-refractivity contribution in [3.8, 4) is 16.9 Å². The van der Waals surface area contributed by atoms with Crippen LogP contribution in [0.3, 0.4) is 0 Å². The number of benzene rings is 4. The highest BCUT2D eigenvalue weighted by molar-refractivity contribution is 6.10. The lowest BCUT2D eigenvalue weighted by molar-refractivity contribution is -0.659. The van der Waals surface area contributed by atoms with Gasteiger partial charge in [0.15, 0.2) is 6.20 Å². The zero-order valence-corrected chi connectivity index (χ0v) is 26.4. The largest absolute Gasteiger partial charge is 0.309 e. The number of hydrogen-bond acceptors (Lipinski definition) is 0. The standard InChI is InChI=1S/C39H43N2/c1-24-19-25(2)26(3)34(20-24)37-31-16-13-30(21-27(31)17-18-40(37)10)41-35-22-28(38(4,5)6)11-14-32(35)33-15-12-29(23-36(33)41)39(7,8)9/h11-23H,1-10H3/q+1. The number of rotatable bonds is 2. The van der Waals surface area contributed by atoms with Gasteiger partial charge >= 0.3 is 0 Å². The average Bonchev–Trinajstić information content (AvgIpc) is 3.23. The Labute approximate surface area is 245 Å². The molecule has 0 aliphatic carbocycles. The van der Waals surface area contributed by atoms with Crippen LogP contribution in [0.2, 0.25) is 0 Å². The molecule has 2 aromatic heterocycles. The SMILES string of the molecule is Cc1cc(C)c(C)c(-c2c3ccc(-n4c5cc(C(C)(C)C)ccc5c5ccc(C(C)(C)C)cc54)cc3cc[n+]2C)c1. The maximum atomic E-state index is 2.49. The van der Waals surface area contributed by atoms with Gasteiger partial charge in [-0.15, -0.1) is 0 Å². The molecule has 2 nitrogen and oxygen atoms in total. The summed E-state index contributed by atoms with van der Waals surface area (Å²) in [7, 11) is 2.16. The van der Waals surface area contributed by atoms with Crippen molar-refractivity contribution in [2.75, 3.05) is 0 Å². The summed E-state index contributed by atoms with van der Waals surface area (Å²) in [6.07, 6.45) is 2.21. The molecular formula is C39H43N2+. The molecule has 41 heavy (non-hydrogen) atoms. The topological polar surface area (TPSA) is 8.81 Å². The summed E-state index contributed by atoms with van der Waals surface area (Å²) >= 11 is 0. The van der Waals surface area contributed by atoms with Crippen LogP contribution in [0.15, 0.2) is 79.0 Å². The van der Waals surface area contributed by atoms with Crippen LogP contribution in [0.25, 0.3) is 49.5 Å². The Kier molecular flexibility index (Phi) is 6.19. The lowest BCUT2D eigenvalue weighted by Crippen LogP contribution is -2.30. The van der Waals surface area contributed by atoms with Crippen LogP contribution < -0.4 is 4.57 Å². The first-order valence-electron chi connectivity index (χ1n) is 14.8. The molecule has 208 valence electrons. The minimum atomic E-state index is 0.0723. The van der Waals surface area contributed by atoms with Crippen molar-refractivity contribution in [3.63, 3.8) is 0 Å². The van der Waals surface area contributed by atoms with Gasteiger partial charge in [-0.05, 0) is 95.6 Å². The number of pyridine rings is 1. The van der Waals surface area contributed by atoms with Crippen molar-refractivity contribution in [2.24, 2.45) is 7.05 Å². The zero-order chi connectivity index (χ0) is 29.4. The molecule has 6 rings (SSSR count). The second-order valence-electron chi connectivity index (χ2n) is 14.1. The van der Waals surface area contributed by atoms with Crippen molar-refractivity contribution in [3.05, 3.63) is 107 Å². The van der Waals surface area contributed by atoms with Crippen molar-refractivity contribution in [2.45, 2.75) is 73.1 Å². The van der Waals surface area contributed by atoms with E-state index in [0.717, 1.165) is 0 Å². The molecule has 0 aliphatic rings. The van der Waals surface area contributed by atoms with Crippen LogP contribution in [0.4, 0.5) is 0 Å². The highest BCUT2D eigenvalue weighted by Crippen LogP contribution is 2.38. The summed E-state index contributed by atoms with van der Waals surface area (Å²) < 4.78 is 4.76. The zero-order valence-electron chi connectivity index (χ0n) is 26.4. The third-order valence-electron chi connectivity index (χ3n) is 8.95. The van der Waals surface area contributed by atoms with E-state index in [-0.39, 0.29) is 10.8 Å². The first kappa shape index (κ1) is 27.3. The van der Waals surface area contributed by atoms with Gasteiger partial charge in [0.1, 0.15) is 7.05 Å². The fraction of sp³-hybridized carbons (Fsp3) is 0.308. The van der Waals surface area contributed by atoms with E-state index < -0.39 is 0 Å². The van der Waals surface area contributed by atoms with Crippen molar-refractivity contribution in [1.82, 2.24) is 4.57 Å². The Morgan fingerprint density at radius 2 is 1.17 bits per heavy atom. The smallest absolute Gasteiger partial charge is 0.220 e. The lowest BCUT2D eigenvalue weighted by Gasteiger charge is -2.20. The van der Waals surface area contributed by atoms with Gasteiger partial charge < -0.3 is 4.57 Å². The van der Waals surface area contributed by atoms with Gasteiger partial charge in [0.25, 0.3) is 0 Å². The second-order valence-corrected chi connectivity index (χ2v) is 14.1.